The van der Waals surface area contributed by atoms with Gasteiger partial charge in [-0.15, -0.1) is 0 Å². The van der Waals surface area contributed by atoms with Crippen molar-refractivity contribution in [2.24, 2.45) is 0 Å². The molecule has 3 rings (SSSR count). The first kappa shape index (κ1) is 17.3. The highest BCUT2D eigenvalue weighted by atomic mass is 19.3. The highest BCUT2D eigenvalue weighted by Crippen LogP contribution is 2.26. The SMILES string of the molecule is Cc1ccc(C(=O)N2CCO[C@@H](c3cccc(OC(F)F)c3)C2)cn1. The number of nitrogens with zero attached hydrogens (tertiary/aromatic N) is 2. The van der Waals surface area contributed by atoms with Gasteiger partial charge in [-0.1, -0.05) is 12.1 Å². The smallest absolute Gasteiger partial charge is 0.387 e. The number of amides is 1. The minimum atomic E-state index is -2.88. The van der Waals surface area contributed by atoms with Gasteiger partial charge in [-0.3, -0.25) is 9.78 Å². The quantitative estimate of drug-likeness (QED) is 0.851. The lowest BCUT2D eigenvalue weighted by Crippen LogP contribution is -2.42. The summed E-state index contributed by atoms with van der Waals surface area (Å²) in [5.41, 5.74) is 2.05. The Balaban J connectivity index is 1.72. The van der Waals surface area contributed by atoms with Crippen LogP contribution in [0.3, 0.4) is 0 Å². The fourth-order valence-corrected chi connectivity index (χ4v) is 2.70. The number of pyridine rings is 1. The Labute approximate surface area is 144 Å². The average Bonchev–Trinajstić information content (AvgIpc) is 2.61. The maximum Gasteiger partial charge on any atom is 0.387 e. The van der Waals surface area contributed by atoms with Gasteiger partial charge in [-0.2, -0.15) is 8.78 Å². The second-order valence-corrected chi connectivity index (χ2v) is 5.75. The molecule has 5 nitrogen and oxygen atoms in total. The topological polar surface area (TPSA) is 51.7 Å². The monoisotopic (exact) mass is 348 g/mol. The Bertz CT molecular complexity index is 737. The van der Waals surface area contributed by atoms with E-state index in [0.29, 0.717) is 30.8 Å². The molecule has 0 aliphatic carbocycles. The number of aromatic nitrogens is 1. The van der Waals surface area contributed by atoms with Crippen molar-refractivity contribution in [3.05, 3.63) is 59.4 Å². The first-order valence-corrected chi connectivity index (χ1v) is 7.91. The summed E-state index contributed by atoms with van der Waals surface area (Å²) in [5, 5.41) is 0. The molecule has 1 saturated heterocycles. The molecule has 2 heterocycles. The second-order valence-electron chi connectivity index (χ2n) is 5.75. The normalized spacial score (nSPS) is 17.6. The van der Waals surface area contributed by atoms with E-state index in [0.717, 1.165) is 5.69 Å². The Kier molecular flexibility index (Phi) is 5.23. The molecule has 1 aliphatic rings. The van der Waals surface area contributed by atoms with Crippen LogP contribution in [-0.4, -0.2) is 42.1 Å². The zero-order valence-corrected chi connectivity index (χ0v) is 13.7. The maximum atomic E-state index is 12.6. The van der Waals surface area contributed by atoms with Gasteiger partial charge in [0.1, 0.15) is 11.9 Å². The van der Waals surface area contributed by atoms with E-state index in [-0.39, 0.29) is 11.7 Å². The minimum absolute atomic E-state index is 0.0716. The number of rotatable bonds is 4. The summed E-state index contributed by atoms with van der Waals surface area (Å²) < 4.78 is 34.9. The van der Waals surface area contributed by atoms with Crippen molar-refractivity contribution in [2.45, 2.75) is 19.6 Å². The highest BCUT2D eigenvalue weighted by molar-refractivity contribution is 5.94. The number of halogens is 2. The Morgan fingerprint density at radius 3 is 2.92 bits per heavy atom. The maximum absolute atomic E-state index is 12.6. The Morgan fingerprint density at radius 1 is 1.36 bits per heavy atom. The van der Waals surface area contributed by atoms with E-state index in [4.69, 9.17) is 4.74 Å². The predicted molar refractivity (Wildman–Crippen MR) is 86.6 cm³/mol. The molecule has 1 fully saturated rings. The summed E-state index contributed by atoms with van der Waals surface area (Å²) >= 11 is 0. The first-order valence-electron chi connectivity index (χ1n) is 7.91. The van der Waals surface area contributed by atoms with Crippen molar-refractivity contribution >= 4 is 5.91 Å². The van der Waals surface area contributed by atoms with Crippen molar-refractivity contribution in [1.29, 1.82) is 0 Å². The second kappa shape index (κ2) is 7.57. The molecular weight excluding hydrogens is 330 g/mol. The largest absolute Gasteiger partial charge is 0.435 e. The average molecular weight is 348 g/mol. The fourth-order valence-electron chi connectivity index (χ4n) is 2.70. The van der Waals surface area contributed by atoms with Gasteiger partial charge in [-0.05, 0) is 36.8 Å². The number of ether oxygens (including phenoxy) is 2. The molecule has 0 N–H and O–H groups in total. The zero-order chi connectivity index (χ0) is 17.8. The third-order valence-electron chi connectivity index (χ3n) is 3.97. The van der Waals surface area contributed by atoms with Crippen LogP contribution in [0.25, 0.3) is 0 Å². The summed E-state index contributed by atoms with van der Waals surface area (Å²) in [7, 11) is 0. The summed E-state index contributed by atoms with van der Waals surface area (Å²) in [5.74, 6) is -0.0527. The van der Waals surface area contributed by atoms with Crippen molar-refractivity contribution in [3.8, 4) is 5.75 Å². The van der Waals surface area contributed by atoms with E-state index in [1.54, 1.807) is 35.4 Å². The summed E-state index contributed by atoms with van der Waals surface area (Å²) in [4.78, 5) is 18.4. The van der Waals surface area contributed by atoms with Gasteiger partial charge in [0, 0.05) is 18.4 Å². The Hall–Kier alpha value is -2.54. The molecule has 7 heteroatoms. The van der Waals surface area contributed by atoms with E-state index in [2.05, 4.69) is 9.72 Å². The zero-order valence-electron chi connectivity index (χ0n) is 13.7. The Morgan fingerprint density at radius 2 is 2.20 bits per heavy atom. The van der Waals surface area contributed by atoms with E-state index < -0.39 is 12.7 Å². The number of benzene rings is 1. The van der Waals surface area contributed by atoms with Gasteiger partial charge < -0.3 is 14.4 Å². The minimum Gasteiger partial charge on any atom is -0.435 e. The van der Waals surface area contributed by atoms with Crippen LogP contribution >= 0.6 is 0 Å². The number of carbonyl (C=O) groups excluding carboxylic acids is 1. The number of aryl methyl sites for hydroxylation is 1. The van der Waals surface area contributed by atoms with Crippen LogP contribution < -0.4 is 4.74 Å². The van der Waals surface area contributed by atoms with Crippen LogP contribution in [0.2, 0.25) is 0 Å². The van der Waals surface area contributed by atoms with Gasteiger partial charge in [0.15, 0.2) is 0 Å². The molecule has 132 valence electrons. The van der Waals surface area contributed by atoms with Crippen LogP contribution in [0.4, 0.5) is 8.78 Å². The molecule has 1 aliphatic heterocycles. The van der Waals surface area contributed by atoms with Crippen LogP contribution in [-0.2, 0) is 4.74 Å². The van der Waals surface area contributed by atoms with Crippen LogP contribution in [0.5, 0.6) is 5.75 Å². The van der Waals surface area contributed by atoms with Crippen molar-refractivity contribution in [1.82, 2.24) is 9.88 Å². The fraction of sp³-hybridized carbons (Fsp3) is 0.333. The number of carbonyl (C=O) groups is 1. The molecule has 1 atom stereocenters. The molecule has 2 aromatic rings. The van der Waals surface area contributed by atoms with Crippen LogP contribution in [0.15, 0.2) is 42.6 Å². The van der Waals surface area contributed by atoms with Crippen molar-refractivity contribution < 1.29 is 23.0 Å². The lowest BCUT2D eigenvalue weighted by Gasteiger charge is -2.33. The molecule has 0 unspecified atom stereocenters. The van der Waals surface area contributed by atoms with Gasteiger partial charge >= 0.3 is 6.61 Å². The molecule has 1 aromatic carbocycles. The molecular formula is C18H18F2N2O3. The standard InChI is InChI=1S/C18H18F2N2O3/c1-12-5-6-14(10-21-12)17(23)22-7-8-24-16(11-22)13-3-2-4-15(9-13)25-18(19)20/h2-6,9-10,16,18H,7-8,11H2,1H3/t16-/m1/s1. The van der Waals surface area contributed by atoms with E-state index >= 15 is 0 Å². The third-order valence-corrected chi connectivity index (χ3v) is 3.97. The highest BCUT2D eigenvalue weighted by Gasteiger charge is 2.26. The van der Waals surface area contributed by atoms with Crippen molar-refractivity contribution in [3.63, 3.8) is 0 Å². The van der Waals surface area contributed by atoms with Gasteiger partial charge in [0.05, 0.1) is 18.7 Å². The molecule has 1 amide bonds. The first-order chi connectivity index (χ1) is 12.0. The number of morpholine rings is 1. The van der Waals surface area contributed by atoms with E-state index in [1.807, 2.05) is 6.92 Å². The van der Waals surface area contributed by atoms with E-state index in [9.17, 15) is 13.6 Å². The van der Waals surface area contributed by atoms with Gasteiger partial charge in [-0.25, -0.2) is 0 Å². The third kappa shape index (κ3) is 4.30. The lowest BCUT2D eigenvalue weighted by molar-refractivity contribution is -0.0504. The van der Waals surface area contributed by atoms with Crippen molar-refractivity contribution in [2.75, 3.05) is 19.7 Å². The number of alkyl halides is 2. The summed E-state index contributed by atoms with van der Waals surface area (Å²) in [6.07, 6.45) is 1.16. The number of hydrogen-bond donors (Lipinski definition) is 0. The van der Waals surface area contributed by atoms with Gasteiger partial charge in [0.2, 0.25) is 0 Å². The molecule has 25 heavy (non-hydrogen) atoms. The molecule has 0 spiro atoms. The summed E-state index contributed by atoms with van der Waals surface area (Å²) in [6.45, 7) is 0.152. The van der Waals surface area contributed by atoms with Crippen LogP contribution in [0.1, 0.15) is 27.7 Å². The van der Waals surface area contributed by atoms with Crippen LogP contribution in [0, 0.1) is 6.92 Å². The van der Waals surface area contributed by atoms with Gasteiger partial charge in [0.25, 0.3) is 5.91 Å². The molecule has 1 aromatic heterocycles. The predicted octanol–water partition coefficient (Wildman–Crippen LogP) is 3.21. The summed E-state index contributed by atoms with van der Waals surface area (Å²) in [6, 6.07) is 9.89. The number of hydrogen-bond acceptors (Lipinski definition) is 4. The molecule has 0 saturated carbocycles. The molecule has 0 radical (unpaired) electrons. The lowest BCUT2D eigenvalue weighted by atomic mass is 10.1. The van der Waals surface area contributed by atoms with E-state index in [1.165, 1.54) is 12.1 Å². The molecule has 0 bridgehead atoms.